The molecule has 2 heterocycles. The van der Waals surface area contributed by atoms with Gasteiger partial charge in [-0.2, -0.15) is 0 Å². The first kappa shape index (κ1) is 19.8. The van der Waals surface area contributed by atoms with Crippen LogP contribution in [0.25, 0.3) is 11.3 Å². The third kappa shape index (κ3) is 4.25. The number of carbonyl (C=O) groups excluding carboxylic acids is 1. The molecule has 4 rings (SSSR count). The number of H-pyrrole nitrogens is 1. The average molecular weight is 410 g/mol. The van der Waals surface area contributed by atoms with E-state index in [0.717, 1.165) is 17.7 Å². The summed E-state index contributed by atoms with van der Waals surface area (Å²) in [5, 5.41) is 0. The summed E-state index contributed by atoms with van der Waals surface area (Å²) >= 11 is 0. The Kier molecular flexibility index (Phi) is 5.61. The molecule has 1 aliphatic rings. The molecule has 0 bridgehead atoms. The van der Waals surface area contributed by atoms with Crippen LogP contribution in [-0.4, -0.2) is 35.0 Å². The zero-order chi connectivity index (χ0) is 21.1. The summed E-state index contributed by atoms with van der Waals surface area (Å²) in [6, 6.07) is 15.8. The van der Waals surface area contributed by atoms with E-state index >= 15 is 0 Å². The van der Waals surface area contributed by atoms with Gasteiger partial charge in [-0.1, -0.05) is 30.3 Å². The van der Waals surface area contributed by atoms with E-state index in [1.165, 1.54) is 6.07 Å². The number of likely N-dealkylation sites (tertiary alicyclic amines) is 1. The molecule has 30 heavy (non-hydrogen) atoms. The predicted molar refractivity (Wildman–Crippen MR) is 108 cm³/mol. The number of aromatic amines is 1. The normalized spacial score (nSPS) is 14.5. The maximum Gasteiger partial charge on any atom is 0.261 e. The Hall–Kier alpha value is -3.48. The first-order valence-corrected chi connectivity index (χ1v) is 9.71. The molecule has 1 fully saturated rings. The summed E-state index contributed by atoms with van der Waals surface area (Å²) in [7, 11) is 0. The average Bonchev–Trinajstić information content (AvgIpc) is 2.76. The van der Waals surface area contributed by atoms with Crippen molar-refractivity contribution in [3.05, 3.63) is 88.2 Å². The smallest absolute Gasteiger partial charge is 0.261 e. The Labute approximate surface area is 171 Å². The molecular weight excluding hydrogens is 390 g/mol. The molecule has 0 radical (unpaired) electrons. The number of carbonyl (C=O) groups is 1. The number of piperidine rings is 1. The van der Waals surface area contributed by atoms with Crippen molar-refractivity contribution in [2.75, 3.05) is 13.1 Å². The van der Waals surface area contributed by atoms with Crippen molar-refractivity contribution in [1.29, 1.82) is 0 Å². The van der Waals surface area contributed by atoms with Gasteiger partial charge in [0.25, 0.3) is 11.5 Å². The van der Waals surface area contributed by atoms with Gasteiger partial charge >= 0.3 is 0 Å². The lowest BCUT2D eigenvalue weighted by atomic mass is 10.1. The highest BCUT2D eigenvalue weighted by Crippen LogP contribution is 2.23. The fraction of sp³-hybridized carbons (Fsp3) is 0.217. The van der Waals surface area contributed by atoms with Crippen molar-refractivity contribution in [3.8, 4) is 17.0 Å². The first-order chi connectivity index (χ1) is 14.5. The molecule has 1 N–H and O–H groups in total. The number of hydrogen-bond donors (Lipinski definition) is 1. The lowest BCUT2D eigenvalue weighted by molar-refractivity contribution is 0.0586. The monoisotopic (exact) mass is 410 g/mol. The van der Waals surface area contributed by atoms with Crippen LogP contribution in [0.5, 0.6) is 5.75 Å². The van der Waals surface area contributed by atoms with E-state index < -0.39 is 17.2 Å². The molecule has 1 saturated heterocycles. The van der Waals surface area contributed by atoms with Gasteiger partial charge in [0, 0.05) is 37.7 Å². The van der Waals surface area contributed by atoms with Gasteiger partial charge in [0.15, 0.2) is 11.6 Å². The summed E-state index contributed by atoms with van der Waals surface area (Å²) < 4.78 is 32.4. The van der Waals surface area contributed by atoms with E-state index in [2.05, 4.69) is 4.98 Å². The molecule has 0 spiro atoms. The molecule has 2 aromatic carbocycles. The number of ether oxygens (including phenoxy) is 1. The van der Waals surface area contributed by atoms with Crippen LogP contribution >= 0.6 is 0 Å². The number of nitrogens with zero attached hydrogens (tertiary/aromatic N) is 1. The van der Waals surface area contributed by atoms with Crippen LogP contribution < -0.4 is 10.3 Å². The number of amides is 1. The Morgan fingerprint density at radius 1 is 1.00 bits per heavy atom. The van der Waals surface area contributed by atoms with Gasteiger partial charge < -0.3 is 14.6 Å². The molecule has 0 unspecified atom stereocenters. The van der Waals surface area contributed by atoms with E-state index in [1.54, 1.807) is 17.0 Å². The van der Waals surface area contributed by atoms with Crippen molar-refractivity contribution in [1.82, 2.24) is 9.88 Å². The maximum atomic E-state index is 13.8. The first-order valence-electron chi connectivity index (χ1n) is 9.71. The number of nitrogens with one attached hydrogen (secondary N) is 1. The number of pyridine rings is 1. The topological polar surface area (TPSA) is 62.4 Å². The fourth-order valence-electron chi connectivity index (χ4n) is 3.53. The third-order valence-corrected chi connectivity index (χ3v) is 5.14. The number of halogens is 2. The zero-order valence-corrected chi connectivity index (χ0v) is 16.1. The lowest BCUT2D eigenvalue weighted by Gasteiger charge is -2.32. The van der Waals surface area contributed by atoms with Crippen LogP contribution in [0.2, 0.25) is 0 Å². The molecule has 1 aromatic heterocycles. The fourth-order valence-corrected chi connectivity index (χ4v) is 3.53. The second kappa shape index (κ2) is 8.49. The van der Waals surface area contributed by atoms with Crippen molar-refractivity contribution in [2.45, 2.75) is 18.9 Å². The van der Waals surface area contributed by atoms with Gasteiger partial charge in [-0.25, -0.2) is 8.78 Å². The Balaban J connectivity index is 1.40. The van der Waals surface area contributed by atoms with Gasteiger partial charge in [-0.05, 0) is 29.8 Å². The molecule has 5 nitrogen and oxygen atoms in total. The quantitative estimate of drug-likeness (QED) is 0.707. The van der Waals surface area contributed by atoms with Crippen LogP contribution in [0, 0.1) is 11.6 Å². The number of rotatable bonds is 4. The summed E-state index contributed by atoms with van der Waals surface area (Å²) in [6.45, 7) is 0.762. The Morgan fingerprint density at radius 2 is 1.73 bits per heavy atom. The Bertz CT molecular complexity index is 1110. The zero-order valence-electron chi connectivity index (χ0n) is 16.1. The molecular formula is C23H20F2N2O3. The van der Waals surface area contributed by atoms with Gasteiger partial charge in [0.1, 0.15) is 17.5 Å². The van der Waals surface area contributed by atoms with Crippen molar-refractivity contribution in [3.63, 3.8) is 0 Å². The minimum absolute atomic E-state index is 0.00544. The van der Waals surface area contributed by atoms with Crippen molar-refractivity contribution in [2.24, 2.45) is 0 Å². The van der Waals surface area contributed by atoms with Crippen molar-refractivity contribution >= 4 is 5.91 Å². The summed E-state index contributed by atoms with van der Waals surface area (Å²) in [6.07, 6.45) is 0.693. The van der Waals surface area contributed by atoms with Crippen LogP contribution in [0.4, 0.5) is 8.78 Å². The molecule has 7 heteroatoms. The molecule has 3 aromatic rings. The van der Waals surface area contributed by atoms with E-state index in [-0.39, 0.29) is 23.3 Å². The predicted octanol–water partition coefficient (Wildman–Crippen LogP) is 4.00. The van der Waals surface area contributed by atoms with Crippen LogP contribution in [0.15, 0.2) is 65.5 Å². The lowest BCUT2D eigenvalue weighted by Crippen LogP contribution is -2.43. The van der Waals surface area contributed by atoms with Crippen LogP contribution in [0.3, 0.4) is 0 Å². The molecule has 0 saturated carbocycles. The minimum Gasteiger partial charge on any atom is -0.487 e. The second-order valence-electron chi connectivity index (χ2n) is 7.16. The third-order valence-electron chi connectivity index (χ3n) is 5.14. The van der Waals surface area contributed by atoms with Crippen LogP contribution in [0.1, 0.15) is 23.2 Å². The molecule has 0 aliphatic carbocycles. The van der Waals surface area contributed by atoms with Gasteiger partial charge in [-0.3, -0.25) is 9.59 Å². The molecule has 1 aliphatic heterocycles. The maximum absolute atomic E-state index is 13.8. The molecule has 1 amide bonds. The summed E-state index contributed by atoms with van der Waals surface area (Å²) in [4.78, 5) is 29.6. The highest BCUT2D eigenvalue weighted by Gasteiger charge is 2.26. The number of hydrogen-bond acceptors (Lipinski definition) is 3. The highest BCUT2D eigenvalue weighted by molar-refractivity contribution is 5.94. The SMILES string of the molecule is O=C(c1ccc(-c2ccccc2)[nH]c1=O)N1CCC(Oc2ccc(F)cc2F)CC1. The van der Waals surface area contributed by atoms with Gasteiger partial charge in [0.2, 0.25) is 0 Å². The highest BCUT2D eigenvalue weighted by atomic mass is 19.1. The van der Waals surface area contributed by atoms with E-state index in [1.807, 2.05) is 30.3 Å². The van der Waals surface area contributed by atoms with Gasteiger partial charge in [-0.15, -0.1) is 0 Å². The summed E-state index contributed by atoms with van der Waals surface area (Å²) in [5.74, 6) is -1.77. The van der Waals surface area contributed by atoms with Gasteiger partial charge in [0.05, 0.1) is 0 Å². The minimum atomic E-state index is -0.751. The number of benzene rings is 2. The van der Waals surface area contributed by atoms with E-state index in [4.69, 9.17) is 4.74 Å². The molecule has 0 atom stereocenters. The van der Waals surface area contributed by atoms with E-state index in [9.17, 15) is 18.4 Å². The van der Waals surface area contributed by atoms with Crippen LogP contribution in [-0.2, 0) is 0 Å². The standard InChI is InChI=1S/C23H20F2N2O3/c24-16-6-9-21(19(25)14-16)30-17-10-12-27(13-11-17)23(29)18-7-8-20(26-22(18)28)15-4-2-1-3-5-15/h1-9,14,17H,10-13H2,(H,26,28). The van der Waals surface area contributed by atoms with E-state index in [0.29, 0.717) is 31.6 Å². The Morgan fingerprint density at radius 3 is 2.40 bits per heavy atom. The second-order valence-corrected chi connectivity index (χ2v) is 7.16. The molecule has 154 valence electrons. The van der Waals surface area contributed by atoms with Crippen molar-refractivity contribution < 1.29 is 18.3 Å². The number of aromatic nitrogens is 1. The summed E-state index contributed by atoms with van der Waals surface area (Å²) in [5.41, 5.74) is 1.15. The largest absolute Gasteiger partial charge is 0.487 e.